The number of rotatable bonds is 5. The van der Waals surface area contributed by atoms with Crippen molar-refractivity contribution in [1.29, 1.82) is 0 Å². The maximum absolute atomic E-state index is 12.4. The van der Waals surface area contributed by atoms with E-state index in [1.54, 1.807) is 18.3 Å². The molecule has 0 atom stereocenters. The van der Waals surface area contributed by atoms with Gasteiger partial charge in [0.2, 0.25) is 5.88 Å². The normalized spacial score (nSPS) is 13.5. The molecule has 0 radical (unpaired) electrons. The van der Waals surface area contributed by atoms with Crippen molar-refractivity contribution in [2.24, 2.45) is 0 Å². The molecule has 120 valence electrons. The van der Waals surface area contributed by atoms with Crippen LogP contribution < -0.4 is 10.1 Å². The van der Waals surface area contributed by atoms with Crippen LogP contribution in [0.3, 0.4) is 0 Å². The Morgan fingerprint density at radius 1 is 1.39 bits per heavy atom. The molecule has 2 heterocycles. The number of anilines is 1. The fourth-order valence-corrected chi connectivity index (χ4v) is 2.60. The Balaban J connectivity index is 1.72. The molecule has 0 saturated carbocycles. The van der Waals surface area contributed by atoms with Gasteiger partial charge >= 0.3 is 0 Å². The second-order valence-corrected chi connectivity index (χ2v) is 5.24. The fourth-order valence-electron chi connectivity index (χ4n) is 2.60. The molecule has 7 heteroatoms. The van der Waals surface area contributed by atoms with Gasteiger partial charge in [0.05, 0.1) is 29.6 Å². The zero-order valence-electron chi connectivity index (χ0n) is 12.5. The molecule has 1 aliphatic rings. The largest absolute Gasteiger partial charge is 0.475 e. The van der Waals surface area contributed by atoms with Crippen molar-refractivity contribution >= 4 is 17.4 Å². The topological polar surface area (TPSA) is 104 Å². The maximum Gasteiger partial charge on any atom is 0.257 e. The van der Waals surface area contributed by atoms with Crippen molar-refractivity contribution in [2.45, 2.75) is 19.3 Å². The molecule has 0 bridgehead atoms. The van der Waals surface area contributed by atoms with E-state index < -0.39 is 0 Å². The number of ketones is 1. The standard InChI is InChI=1S/C16H17N3O4/c20-6-7-23-14-5-4-10(8-18-14)19-16(22)11-9-17-12-2-1-3-13(21)15(11)12/h4-5,8-9,17,20H,1-3,6-7H2,(H,19,22). The van der Waals surface area contributed by atoms with E-state index in [-0.39, 0.29) is 24.9 Å². The average molecular weight is 315 g/mol. The molecule has 3 N–H and O–H groups in total. The minimum atomic E-state index is -0.344. The molecule has 0 saturated heterocycles. The smallest absolute Gasteiger partial charge is 0.257 e. The van der Waals surface area contributed by atoms with Crippen LogP contribution in [0, 0.1) is 0 Å². The predicted octanol–water partition coefficient (Wildman–Crippen LogP) is 1.55. The highest BCUT2D eigenvalue weighted by Crippen LogP contribution is 2.24. The number of aliphatic hydroxyl groups excluding tert-OH is 1. The third kappa shape index (κ3) is 3.24. The first kappa shape index (κ1) is 15.2. The van der Waals surface area contributed by atoms with Gasteiger partial charge in [-0.1, -0.05) is 0 Å². The molecule has 3 rings (SSSR count). The van der Waals surface area contributed by atoms with Gasteiger partial charge < -0.3 is 20.1 Å². The van der Waals surface area contributed by atoms with Crippen LogP contribution in [0.5, 0.6) is 5.88 Å². The Kier molecular flexibility index (Phi) is 4.38. The second-order valence-electron chi connectivity index (χ2n) is 5.24. The summed E-state index contributed by atoms with van der Waals surface area (Å²) in [4.78, 5) is 31.4. The molecule has 0 fully saturated rings. The third-order valence-electron chi connectivity index (χ3n) is 3.65. The number of hydrogen-bond donors (Lipinski definition) is 3. The Morgan fingerprint density at radius 3 is 3.00 bits per heavy atom. The van der Waals surface area contributed by atoms with E-state index in [1.165, 1.54) is 6.20 Å². The van der Waals surface area contributed by atoms with E-state index in [2.05, 4.69) is 15.3 Å². The number of hydrogen-bond acceptors (Lipinski definition) is 5. The Morgan fingerprint density at radius 2 is 2.26 bits per heavy atom. The molecular formula is C16H17N3O4. The van der Waals surface area contributed by atoms with E-state index in [0.717, 1.165) is 18.5 Å². The molecular weight excluding hydrogens is 298 g/mol. The number of pyridine rings is 1. The second kappa shape index (κ2) is 6.62. The number of fused-ring (bicyclic) bond motifs is 1. The van der Waals surface area contributed by atoms with Crippen LogP contribution in [0.15, 0.2) is 24.5 Å². The molecule has 0 spiro atoms. The van der Waals surface area contributed by atoms with Crippen LogP contribution in [-0.2, 0) is 6.42 Å². The zero-order chi connectivity index (χ0) is 16.2. The number of aromatic nitrogens is 2. The summed E-state index contributed by atoms with van der Waals surface area (Å²) in [6.07, 6.45) is 5.12. The van der Waals surface area contributed by atoms with E-state index in [4.69, 9.17) is 9.84 Å². The first-order chi connectivity index (χ1) is 11.2. The number of aromatic amines is 1. The van der Waals surface area contributed by atoms with E-state index >= 15 is 0 Å². The van der Waals surface area contributed by atoms with Crippen LogP contribution in [0.4, 0.5) is 5.69 Å². The van der Waals surface area contributed by atoms with Gasteiger partial charge in [-0.3, -0.25) is 9.59 Å². The SMILES string of the molecule is O=C(Nc1ccc(OCCO)nc1)c1c[nH]c2c1C(=O)CCC2. The number of Topliss-reactive ketones (excluding diaryl/α,β-unsaturated/α-hetero) is 1. The van der Waals surface area contributed by atoms with E-state index in [0.29, 0.717) is 29.1 Å². The van der Waals surface area contributed by atoms with Gasteiger partial charge in [0.25, 0.3) is 5.91 Å². The maximum atomic E-state index is 12.4. The van der Waals surface area contributed by atoms with Gasteiger partial charge in [-0.05, 0) is 18.9 Å². The molecule has 0 unspecified atom stereocenters. The van der Waals surface area contributed by atoms with Crippen LogP contribution in [0.2, 0.25) is 0 Å². The number of aryl methyl sites for hydroxylation is 1. The summed E-state index contributed by atoms with van der Waals surface area (Å²) in [6, 6.07) is 3.25. The van der Waals surface area contributed by atoms with Crippen LogP contribution in [-0.4, -0.2) is 40.0 Å². The lowest BCUT2D eigenvalue weighted by Gasteiger charge is -2.12. The zero-order valence-corrected chi connectivity index (χ0v) is 12.5. The summed E-state index contributed by atoms with van der Waals surface area (Å²) in [6.45, 7) is 0.0725. The van der Waals surface area contributed by atoms with Crippen molar-refractivity contribution in [1.82, 2.24) is 9.97 Å². The average Bonchev–Trinajstić information content (AvgIpc) is 3.00. The summed E-state index contributed by atoms with van der Waals surface area (Å²) in [7, 11) is 0. The number of ether oxygens (including phenoxy) is 1. The first-order valence-corrected chi connectivity index (χ1v) is 7.43. The monoisotopic (exact) mass is 315 g/mol. The summed E-state index contributed by atoms with van der Waals surface area (Å²) in [5.74, 6) is 0.0263. The molecule has 1 amide bonds. The minimum absolute atomic E-state index is 0.00327. The van der Waals surface area contributed by atoms with E-state index in [1.807, 2.05) is 0 Å². The van der Waals surface area contributed by atoms with Crippen molar-refractivity contribution < 1.29 is 19.4 Å². The van der Waals surface area contributed by atoms with Gasteiger partial charge in [-0.15, -0.1) is 0 Å². The number of aliphatic hydroxyl groups is 1. The van der Waals surface area contributed by atoms with Crippen molar-refractivity contribution in [3.63, 3.8) is 0 Å². The van der Waals surface area contributed by atoms with Gasteiger partial charge in [0.1, 0.15) is 6.61 Å². The lowest BCUT2D eigenvalue weighted by Crippen LogP contribution is -2.18. The first-order valence-electron chi connectivity index (χ1n) is 7.43. The summed E-state index contributed by atoms with van der Waals surface area (Å²) >= 11 is 0. The highest BCUT2D eigenvalue weighted by Gasteiger charge is 2.25. The van der Waals surface area contributed by atoms with Gasteiger partial charge in [-0.25, -0.2) is 4.98 Å². The highest BCUT2D eigenvalue weighted by molar-refractivity contribution is 6.13. The molecule has 0 aliphatic heterocycles. The van der Waals surface area contributed by atoms with Crippen LogP contribution in [0.1, 0.15) is 39.3 Å². The van der Waals surface area contributed by atoms with Gasteiger partial charge in [0, 0.05) is 24.4 Å². The molecule has 2 aromatic heterocycles. The third-order valence-corrected chi connectivity index (χ3v) is 3.65. The molecule has 2 aromatic rings. The fraction of sp³-hybridized carbons (Fsp3) is 0.312. The van der Waals surface area contributed by atoms with Crippen LogP contribution in [0.25, 0.3) is 0 Å². The van der Waals surface area contributed by atoms with Gasteiger partial charge in [0.15, 0.2) is 5.78 Å². The summed E-state index contributed by atoms with van der Waals surface area (Å²) in [5, 5.41) is 11.4. The van der Waals surface area contributed by atoms with E-state index in [9.17, 15) is 9.59 Å². The highest BCUT2D eigenvalue weighted by atomic mass is 16.5. The summed E-state index contributed by atoms with van der Waals surface area (Å²) < 4.78 is 5.15. The Labute approximate surface area is 132 Å². The molecule has 1 aliphatic carbocycles. The quantitative estimate of drug-likeness (QED) is 0.776. The molecule has 23 heavy (non-hydrogen) atoms. The number of carbonyl (C=O) groups excluding carboxylic acids is 2. The van der Waals surface area contributed by atoms with Crippen molar-refractivity contribution in [3.8, 4) is 5.88 Å². The molecule has 0 aromatic carbocycles. The lowest BCUT2D eigenvalue weighted by molar-refractivity contribution is 0.0956. The molecule has 7 nitrogen and oxygen atoms in total. The lowest BCUT2D eigenvalue weighted by atomic mass is 9.93. The number of H-pyrrole nitrogens is 1. The number of carbonyl (C=O) groups is 2. The minimum Gasteiger partial charge on any atom is -0.475 e. The number of nitrogens with zero attached hydrogens (tertiary/aromatic N) is 1. The number of nitrogens with one attached hydrogen (secondary N) is 2. The predicted molar refractivity (Wildman–Crippen MR) is 82.8 cm³/mol. The Hall–Kier alpha value is -2.67. The number of amides is 1. The van der Waals surface area contributed by atoms with Crippen molar-refractivity contribution in [2.75, 3.05) is 18.5 Å². The Bertz CT molecular complexity index is 721. The summed E-state index contributed by atoms with van der Waals surface area (Å²) in [5.41, 5.74) is 2.21. The van der Waals surface area contributed by atoms with Crippen molar-refractivity contribution in [3.05, 3.63) is 41.3 Å². The van der Waals surface area contributed by atoms with Crippen LogP contribution >= 0.6 is 0 Å². The van der Waals surface area contributed by atoms with Gasteiger partial charge in [-0.2, -0.15) is 0 Å².